The van der Waals surface area contributed by atoms with Gasteiger partial charge in [0.2, 0.25) is 0 Å². The number of carbonyl (C=O) groups excluding carboxylic acids is 1. The molecule has 7 heteroatoms. The first-order valence-electron chi connectivity index (χ1n) is 17.0. The standard InChI is InChI=1S/C38H48N2O5/c41-38(45-35-28-40-20-18-30(35)19-21-40)39-37(31-15-9-6-10-16-31)33-25-32(29-13-7-5-8-14-29)26-34(27-33)42-22-12-4-2-1-3-11-17-36-43-23-24-44-36/h5-10,13-16,25-27,30,35-37H,1-4,11-12,17-24,28H2,(H,39,41)/t35-,37?/m0/s1. The van der Waals surface area contributed by atoms with E-state index in [2.05, 4.69) is 64.8 Å². The van der Waals surface area contributed by atoms with E-state index in [-0.39, 0.29) is 24.5 Å². The first-order valence-corrected chi connectivity index (χ1v) is 17.0. The Morgan fingerprint density at radius 1 is 0.800 bits per heavy atom. The van der Waals surface area contributed by atoms with Gasteiger partial charge >= 0.3 is 6.09 Å². The summed E-state index contributed by atoms with van der Waals surface area (Å²) in [6, 6.07) is 26.5. The molecule has 0 radical (unpaired) electrons. The maximum atomic E-state index is 13.4. The van der Waals surface area contributed by atoms with Gasteiger partial charge in [0.25, 0.3) is 0 Å². The minimum absolute atomic E-state index is 0.0162. The Bertz CT molecular complexity index is 1320. The summed E-state index contributed by atoms with van der Waals surface area (Å²) in [6.07, 6.45) is 9.74. The second-order valence-corrected chi connectivity index (χ2v) is 12.7. The number of benzene rings is 3. The van der Waals surface area contributed by atoms with E-state index >= 15 is 0 Å². The molecule has 3 aromatic carbocycles. The molecule has 2 atom stereocenters. The number of nitrogens with one attached hydrogen (secondary N) is 1. The van der Waals surface area contributed by atoms with Crippen LogP contribution in [0, 0.1) is 5.92 Å². The van der Waals surface area contributed by atoms with Crippen LogP contribution in [0.2, 0.25) is 0 Å². The topological polar surface area (TPSA) is 69.3 Å². The van der Waals surface area contributed by atoms with Crippen LogP contribution >= 0.6 is 0 Å². The van der Waals surface area contributed by atoms with Crippen molar-refractivity contribution in [1.29, 1.82) is 0 Å². The number of ether oxygens (including phenoxy) is 4. The lowest BCUT2D eigenvalue weighted by molar-refractivity contribution is -0.0480. The molecule has 4 aliphatic rings. The molecule has 7 rings (SSSR count). The molecule has 4 heterocycles. The number of amides is 1. The maximum absolute atomic E-state index is 13.4. The predicted octanol–water partition coefficient (Wildman–Crippen LogP) is 7.75. The number of hydrogen-bond donors (Lipinski definition) is 1. The summed E-state index contributed by atoms with van der Waals surface area (Å²) < 4.78 is 23.5. The van der Waals surface area contributed by atoms with E-state index in [1.807, 2.05) is 24.3 Å². The van der Waals surface area contributed by atoms with Crippen molar-refractivity contribution in [2.45, 2.75) is 76.2 Å². The smallest absolute Gasteiger partial charge is 0.408 e. The molecule has 0 saturated carbocycles. The molecule has 2 bridgehead atoms. The molecule has 0 spiro atoms. The van der Waals surface area contributed by atoms with Gasteiger partial charge in [-0.3, -0.25) is 4.90 Å². The van der Waals surface area contributed by atoms with E-state index in [0.717, 1.165) is 99.4 Å². The number of nitrogens with zero attached hydrogens (tertiary/aromatic N) is 1. The first kappa shape index (κ1) is 31.6. The van der Waals surface area contributed by atoms with E-state index < -0.39 is 0 Å². The Labute approximate surface area is 268 Å². The van der Waals surface area contributed by atoms with Gasteiger partial charge in [-0.05, 0) is 91.6 Å². The molecule has 7 nitrogen and oxygen atoms in total. The van der Waals surface area contributed by atoms with Crippen molar-refractivity contribution in [3.05, 3.63) is 90.0 Å². The van der Waals surface area contributed by atoms with E-state index in [1.54, 1.807) is 0 Å². The average molecular weight is 613 g/mol. The molecule has 1 N–H and O–H groups in total. The summed E-state index contributed by atoms with van der Waals surface area (Å²) in [5.41, 5.74) is 4.15. The number of hydrogen-bond acceptors (Lipinski definition) is 6. The Morgan fingerprint density at radius 2 is 1.49 bits per heavy atom. The van der Waals surface area contributed by atoms with Crippen LogP contribution in [-0.4, -0.2) is 62.8 Å². The van der Waals surface area contributed by atoms with Crippen LogP contribution in [0.3, 0.4) is 0 Å². The zero-order valence-electron chi connectivity index (χ0n) is 26.4. The molecular formula is C38H48N2O5. The molecule has 45 heavy (non-hydrogen) atoms. The predicted molar refractivity (Wildman–Crippen MR) is 176 cm³/mol. The molecule has 0 aliphatic carbocycles. The fraction of sp³-hybridized carbons (Fsp3) is 0.500. The number of fused-ring (bicyclic) bond motifs is 3. The highest BCUT2D eigenvalue weighted by atomic mass is 16.7. The molecule has 4 aliphatic heterocycles. The van der Waals surface area contributed by atoms with Gasteiger partial charge in [0, 0.05) is 6.54 Å². The number of unbranched alkanes of at least 4 members (excludes halogenated alkanes) is 5. The van der Waals surface area contributed by atoms with Crippen molar-refractivity contribution in [3.63, 3.8) is 0 Å². The summed E-state index contributed by atoms with van der Waals surface area (Å²) in [5, 5.41) is 3.23. The Balaban J connectivity index is 1.10. The Hall–Kier alpha value is -3.39. The zero-order valence-corrected chi connectivity index (χ0v) is 26.4. The second kappa shape index (κ2) is 16.3. The number of alkyl carbamates (subject to hydrolysis) is 1. The van der Waals surface area contributed by atoms with Crippen LogP contribution in [0.15, 0.2) is 78.9 Å². The largest absolute Gasteiger partial charge is 0.494 e. The average Bonchev–Trinajstić information content (AvgIpc) is 3.61. The lowest BCUT2D eigenvalue weighted by Crippen LogP contribution is -2.52. The van der Waals surface area contributed by atoms with Crippen LogP contribution in [-0.2, 0) is 14.2 Å². The fourth-order valence-corrected chi connectivity index (χ4v) is 6.89. The summed E-state index contributed by atoms with van der Waals surface area (Å²) in [5.74, 6) is 1.27. The SMILES string of the molecule is O=C(NC(c1ccccc1)c1cc(OCCCCCCCCC2OCCO2)cc(-c2ccccc2)c1)O[C@H]1CN2CCC1CC2. The van der Waals surface area contributed by atoms with Crippen LogP contribution in [0.1, 0.15) is 75.0 Å². The van der Waals surface area contributed by atoms with Gasteiger partial charge in [-0.15, -0.1) is 0 Å². The number of carbonyl (C=O) groups is 1. The van der Waals surface area contributed by atoms with Gasteiger partial charge in [-0.1, -0.05) is 86.3 Å². The highest BCUT2D eigenvalue weighted by molar-refractivity contribution is 5.71. The van der Waals surface area contributed by atoms with Crippen LogP contribution in [0.5, 0.6) is 5.75 Å². The van der Waals surface area contributed by atoms with Crippen LogP contribution < -0.4 is 10.1 Å². The van der Waals surface area contributed by atoms with Crippen LogP contribution in [0.4, 0.5) is 4.79 Å². The van der Waals surface area contributed by atoms with Crippen molar-refractivity contribution in [2.24, 2.45) is 5.92 Å². The second-order valence-electron chi connectivity index (χ2n) is 12.7. The maximum Gasteiger partial charge on any atom is 0.408 e. The third-order valence-electron chi connectivity index (χ3n) is 9.41. The molecule has 0 aromatic heterocycles. The van der Waals surface area contributed by atoms with Crippen molar-refractivity contribution in [2.75, 3.05) is 39.5 Å². The van der Waals surface area contributed by atoms with Gasteiger partial charge in [0.1, 0.15) is 11.9 Å². The van der Waals surface area contributed by atoms with E-state index in [9.17, 15) is 4.79 Å². The lowest BCUT2D eigenvalue weighted by Gasteiger charge is -2.43. The first-order chi connectivity index (χ1) is 22.2. The van der Waals surface area contributed by atoms with Crippen molar-refractivity contribution >= 4 is 6.09 Å². The molecule has 1 unspecified atom stereocenters. The van der Waals surface area contributed by atoms with Crippen molar-refractivity contribution < 1.29 is 23.7 Å². The highest BCUT2D eigenvalue weighted by Crippen LogP contribution is 2.33. The van der Waals surface area contributed by atoms with E-state index in [4.69, 9.17) is 18.9 Å². The monoisotopic (exact) mass is 612 g/mol. The van der Waals surface area contributed by atoms with Gasteiger partial charge in [-0.25, -0.2) is 4.79 Å². The van der Waals surface area contributed by atoms with E-state index in [1.165, 1.54) is 19.3 Å². The summed E-state index contributed by atoms with van der Waals surface area (Å²) in [4.78, 5) is 15.8. The molecule has 3 aromatic rings. The third-order valence-corrected chi connectivity index (χ3v) is 9.41. The minimum Gasteiger partial charge on any atom is -0.494 e. The van der Waals surface area contributed by atoms with Gasteiger partial charge < -0.3 is 24.3 Å². The normalized spacial score (nSPS) is 21.8. The quantitative estimate of drug-likeness (QED) is 0.177. The Kier molecular flexibility index (Phi) is 11.4. The lowest BCUT2D eigenvalue weighted by atomic mass is 9.86. The summed E-state index contributed by atoms with van der Waals surface area (Å²) >= 11 is 0. The molecular weight excluding hydrogens is 564 g/mol. The zero-order chi connectivity index (χ0) is 30.7. The number of piperidine rings is 3. The minimum atomic E-state index is -0.370. The molecule has 4 fully saturated rings. The Morgan fingerprint density at radius 3 is 2.20 bits per heavy atom. The van der Waals surface area contributed by atoms with Gasteiger partial charge in [-0.2, -0.15) is 0 Å². The van der Waals surface area contributed by atoms with Crippen LogP contribution in [0.25, 0.3) is 11.1 Å². The van der Waals surface area contributed by atoms with Gasteiger partial charge in [0.15, 0.2) is 6.29 Å². The highest BCUT2D eigenvalue weighted by Gasteiger charge is 2.37. The van der Waals surface area contributed by atoms with Crippen molar-refractivity contribution in [3.8, 4) is 16.9 Å². The van der Waals surface area contributed by atoms with Crippen molar-refractivity contribution in [1.82, 2.24) is 10.2 Å². The summed E-state index contributed by atoms with van der Waals surface area (Å²) in [7, 11) is 0. The fourth-order valence-electron chi connectivity index (χ4n) is 6.89. The molecule has 1 amide bonds. The van der Waals surface area contributed by atoms with Gasteiger partial charge in [0.05, 0.1) is 25.9 Å². The third kappa shape index (κ3) is 9.09. The van der Waals surface area contributed by atoms with E-state index in [0.29, 0.717) is 12.5 Å². The number of rotatable bonds is 15. The molecule has 240 valence electrons. The molecule has 4 saturated heterocycles. The summed E-state index contributed by atoms with van der Waals surface area (Å²) in [6.45, 7) is 5.18.